The predicted octanol–water partition coefficient (Wildman–Crippen LogP) is 1.32. The summed E-state index contributed by atoms with van der Waals surface area (Å²) in [4.78, 5) is 6.45. The van der Waals surface area contributed by atoms with Crippen molar-refractivity contribution < 1.29 is 9.47 Å². The highest BCUT2D eigenvalue weighted by Gasteiger charge is 2.27. The minimum absolute atomic E-state index is 0.300. The van der Waals surface area contributed by atoms with Crippen LogP contribution in [0.2, 0.25) is 0 Å². The van der Waals surface area contributed by atoms with E-state index in [2.05, 4.69) is 4.99 Å². The van der Waals surface area contributed by atoms with Gasteiger partial charge in [0.1, 0.15) is 0 Å². The molecule has 5 nitrogen and oxygen atoms in total. The minimum Gasteiger partial charge on any atom is -0.454 e. The van der Waals surface area contributed by atoms with E-state index in [1.54, 1.807) is 0 Å². The van der Waals surface area contributed by atoms with Crippen LogP contribution in [0.15, 0.2) is 23.2 Å². The molecule has 18 heavy (non-hydrogen) atoms. The van der Waals surface area contributed by atoms with Gasteiger partial charge in [-0.15, -0.1) is 0 Å². The predicted molar refractivity (Wildman–Crippen MR) is 68.7 cm³/mol. The fraction of sp³-hybridized carbons (Fsp3) is 0.462. The number of rotatable bonds is 3. The van der Waals surface area contributed by atoms with Crippen LogP contribution >= 0.6 is 0 Å². The summed E-state index contributed by atoms with van der Waals surface area (Å²) in [7, 11) is 2.00. The van der Waals surface area contributed by atoms with E-state index in [4.69, 9.17) is 15.2 Å². The van der Waals surface area contributed by atoms with Crippen LogP contribution in [0.4, 0.5) is 0 Å². The first kappa shape index (κ1) is 11.2. The molecule has 1 fully saturated rings. The quantitative estimate of drug-likeness (QED) is 0.646. The highest BCUT2D eigenvalue weighted by molar-refractivity contribution is 5.78. The van der Waals surface area contributed by atoms with Crippen LogP contribution in [0, 0.1) is 0 Å². The number of hydrogen-bond donors (Lipinski definition) is 1. The minimum atomic E-state index is 0.300. The summed E-state index contributed by atoms with van der Waals surface area (Å²) in [6, 6.07) is 6.44. The summed E-state index contributed by atoms with van der Waals surface area (Å²) in [6.07, 6.45) is 2.44. The number of hydrogen-bond acceptors (Lipinski definition) is 3. The van der Waals surface area contributed by atoms with Crippen molar-refractivity contribution in [2.24, 2.45) is 10.7 Å². The lowest BCUT2D eigenvalue weighted by molar-refractivity contribution is 0.174. The second kappa shape index (κ2) is 4.40. The van der Waals surface area contributed by atoms with E-state index >= 15 is 0 Å². The summed E-state index contributed by atoms with van der Waals surface area (Å²) in [5.41, 5.74) is 7.01. The third kappa shape index (κ3) is 2.20. The summed E-state index contributed by atoms with van der Waals surface area (Å²) >= 11 is 0. The molecule has 1 aliphatic heterocycles. The van der Waals surface area contributed by atoms with E-state index in [9.17, 15) is 0 Å². The first-order chi connectivity index (χ1) is 8.74. The van der Waals surface area contributed by atoms with E-state index < -0.39 is 0 Å². The number of nitrogens with zero attached hydrogens (tertiary/aromatic N) is 2. The summed E-state index contributed by atoms with van der Waals surface area (Å²) < 4.78 is 10.6. The monoisotopic (exact) mass is 247 g/mol. The maximum atomic E-state index is 5.94. The SMILES string of the molecule is CN(C(N)=NCc1ccc2c(c1)OCO2)C1CC1. The largest absolute Gasteiger partial charge is 0.454 e. The molecule has 1 aromatic carbocycles. The second-order valence-corrected chi connectivity index (χ2v) is 4.70. The number of guanidine groups is 1. The van der Waals surface area contributed by atoms with Crippen molar-refractivity contribution in [3.63, 3.8) is 0 Å². The lowest BCUT2D eigenvalue weighted by Gasteiger charge is -2.16. The van der Waals surface area contributed by atoms with E-state index in [1.165, 1.54) is 12.8 Å². The van der Waals surface area contributed by atoms with Crippen LogP contribution in [0.1, 0.15) is 18.4 Å². The Morgan fingerprint density at radius 1 is 1.39 bits per heavy atom. The van der Waals surface area contributed by atoms with E-state index in [0.29, 0.717) is 25.3 Å². The normalized spacial score (nSPS) is 17.9. The van der Waals surface area contributed by atoms with Gasteiger partial charge < -0.3 is 20.1 Å². The zero-order chi connectivity index (χ0) is 12.5. The Kier molecular flexibility index (Phi) is 2.74. The van der Waals surface area contributed by atoms with Gasteiger partial charge >= 0.3 is 0 Å². The molecule has 2 N–H and O–H groups in total. The standard InChI is InChI=1S/C13H17N3O2/c1-16(10-3-4-10)13(14)15-7-9-2-5-11-12(6-9)18-8-17-11/h2,5-6,10H,3-4,7-8H2,1H3,(H2,14,15). The van der Waals surface area contributed by atoms with Crippen molar-refractivity contribution in [3.05, 3.63) is 23.8 Å². The fourth-order valence-electron chi connectivity index (χ4n) is 1.97. The van der Waals surface area contributed by atoms with Crippen LogP contribution in [0.25, 0.3) is 0 Å². The third-order valence-corrected chi connectivity index (χ3v) is 3.32. The van der Waals surface area contributed by atoms with Crippen LogP contribution in [-0.4, -0.2) is 30.7 Å². The van der Waals surface area contributed by atoms with Gasteiger partial charge in [0.2, 0.25) is 6.79 Å². The molecule has 0 saturated heterocycles. The Balaban J connectivity index is 1.67. The molecule has 5 heteroatoms. The Hall–Kier alpha value is -1.91. The Morgan fingerprint density at radius 3 is 2.94 bits per heavy atom. The number of nitrogens with two attached hydrogens (primary N) is 1. The molecular weight excluding hydrogens is 230 g/mol. The fourth-order valence-corrected chi connectivity index (χ4v) is 1.97. The molecule has 1 aliphatic carbocycles. The van der Waals surface area contributed by atoms with E-state index in [1.807, 2.05) is 30.1 Å². The van der Waals surface area contributed by atoms with Crippen LogP contribution < -0.4 is 15.2 Å². The molecule has 3 rings (SSSR count). The van der Waals surface area contributed by atoms with Crippen molar-refractivity contribution >= 4 is 5.96 Å². The van der Waals surface area contributed by atoms with Crippen molar-refractivity contribution in [2.45, 2.75) is 25.4 Å². The summed E-state index contributed by atoms with van der Waals surface area (Å²) in [5, 5.41) is 0. The summed E-state index contributed by atoms with van der Waals surface area (Å²) in [6.45, 7) is 0.869. The Morgan fingerprint density at radius 2 is 2.17 bits per heavy atom. The number of aliphatic imine (C=N–C) groups is 1. The average molecular weight is 247 g/mol. The maximum absolute atomic E-state index is 5.94. The zero-order valence-electron chi connectivity index (χ0n) is 10.4. The molecule has 1 heterocycles. The molecule has 0 unspecified atom stereocenters. The zero-order valence-corrected chi connectivity index (χ0v) is 10.4. The lowest BCUT2D eigenvalue weighted by atomic mass is 10.2. The van der Waals surface area contributed by atoms with Gasteiger partial charge in [0.15, 0.2) is 17.5 Å². The molecule has 0 amide bonds. The maximum Gasteiger partial charge on any atom is 0.231 e. The van der Waals surface area contributed by atoms with Gasteiger partial charge in [-0.1, -0.05) is 6.07 Å². The molecule has 0 bridgehead atoms. The van der Waals surface area contributed by atoms with Crippen molar-refractivity contribution in [1.82, 2.24) is 4.90 Å². The number of benzene rings is 1. The molecule has 0 radical (unpaired) electrons. The van der Waals surface area contributed by atoms with Crippen LogP contribution in [0.3, 0.4) is 0 Å². The first-order valence-electron chi connectivity index (χ1n) is 6.15. The second-order valence-electron chi connectivity index (χ2n) is 4.70. The van der Waals surface area contributed by atoms with E-state index in [-0.39, 0.29) is 0 Å². The molecule has 0 spiro atoms. The van der Waals surface area contributed by atoms with Gasteiger partial charge in [0.05, 0.1) is 6.54 Å². The van der Waals surface area contributed by atoms with Gasteiger partial charge in [-0.3, -0.25) is 0 Å². The molecular formula is C13H17N3O2. The van der Waals surface area contributed by atoms with Gasteiger partial charge in [0, 0.05) is 13.1 Å². The average Bonchev–Trinajstić information content (AvgIpc) is 3.13. The number of fused-ring (bicyclic) bond motifs is 1. The highest BCUT2D eigenvalue weighted by Crippen LogP contribution is 2.32. The van der Waals surface area contributed by atoms with Gasteiger partial charge in [-0.25, -0.2) is 4.99 Å². The molecule has 96 valence electrons. The van der Waals surface area contributed by atoms with Gasteiger partial charge in [0.25, 0.3) is 0 Å². The summed E-state index contributed by atoms with van der Waals surface area (Å²) in [5.74, 6) is 2.19. The Labute approximate surface area is 106 Å². The molecule has 0 atom stereocenters. The molecule has 1 aromatic rings. The van der Waals surface area contributed by atoms with Crippen molar-refractivity contribution in [2.75, 3.05) is 13.8 Å². The third-order valence-electron chi connectivity index (χ3n) is 3.32. The molecule has 0 aromatic heterocycles. The molecule has 2 aliphatic rings. The smallest absolute Gasteiger partial charge is 0.231 e. The van der Waals surface area contributed by atoms with Crippen LogP contribution in [0.5, 0.6) is 11.5 Å². The Bertz CT molecular complexity index is 483. The lowest BCUT2D eigenvalue weighted by Crippen LogP contribution is -2.35. The molecule has 1 saturated carbocycles. The highest BCUT2D eigenvalue weighted by atomic mass is 16.7. The number of ether oxygens (including phenoxy) is 2. The topological polar surface area (TPSA) is 60.1 Å². The van der Waals surface area contributed by atoms with Gasteiger partial charge in [-0.05, 0) is 30.5 Å². The van der Waals surface area contributed by atoms with E-state index in [0.717, 1.165) is 17.1 Å². The van der Waals surface area contributed by atoms with Crippen LogP contribution in [-0.2, 0) is 6.54 Å². The first-order valence-corrected chi connectivity index (χ1v) is 6.15. The van der Waals surface area contributed by atoms with Crippen molar-refractivity contribution in [3.8, 4) is 11.5 Å². The van der Waals surface area contributed by atoms with Crippen molar-refractivity contribution in [1.29, 1.82) is 0 Å². The van der Waals surface area contributed by atoms with Gasteiger partial charge in [-0.2, -0.15) is 0 Å².